The zero-order valence-electron chi connectivity index (χ0n) is 11.5. The Balaban J connectivity index is 2.25. The van der Waals surface area contributed by atoms with Crippen molar-refractivity contribution in [3.05, 3.63) is 59.7 Å². The lowest BCUT2D eigenvalue weighted by atomic mass is 10.1. The number of aryl methyl sites for hydroxylation is 1. The number of methoxy groups -OCH3 is 1. The van der Waals surface area contributed by atoms with Crippen LogP contribution >= 0.6 is 0 Å². The van der Waals surface area contributed by atoms with E-state index in [4.69, 9.17) is 4.74 Å². The van der Waals surface area contributed by atoms with Crippen LogP contribution in [-0.4, -0.2) is 18.2 Å². The fourth-order valence-corrected chi connectivity index (χ4v) is 2.07. The molecule has 104 valence electrons. The summed E-state index contributed by atoms with van der Waals surface area (Å²) in [5, 5.41) is 12.4. The molecule has 0 spiro atoms. The van der Waals surface area contributed by atoms with E-state index in [1.807, 2.05) is 43.3 Å². The van der Waals surface area contributed by atoms with Crippen LogP contribution in [0.25, 0.3) is 0 Å². The third-order valence-corrected chi connectivity index (χ3v) is 3.09. The molecule has 2 rings (SSSR count). The molecule has 0 radical (unpaired) electrons. The maximum absolute atomic E-state index is 11.4. The van der Waals surface area contributed by atoms with Gasteiger partial charge in [-0.2, -0.15) is 0 Å². The number of nitrogens with one attached hydrogen (secondary N) is 1. The maximum Gasteiger partial charge on any atom is 0.330 e. The first kappa shape index (κ1) is 13.9. The zero-order valence-corrected chi connectivity index (χ0v) is 11.5. The van der Waals surface area contributed by atoms with Gasteiger partial charge in [-0.25, -0.2) is 4.79 Å². The van der Waals surface area contributed by atoms with E-state index in [1.165, 1.54) is 0 Å². The zero-order chi connectivity index (χ0) is 14.5. The van der Waals surface area contributed by atoms with Gasteiger partial charge in [0.25, 0.3) is 0 Å². The smallest absolute Gasteiger partial charge is 0.330 e. The minimum absolute atomic E-state index is 0.716. The number of carbonyl (C=O) groups is 1. The van der Waals surface area contributed by atoms with E-state index in [-0.39, 0.29) is 0 Å². The fourth-order valence-electron chi connectivity index (χ4n) is 2.07. The Labute approximate surface area is 118 Å². The Kier molecular flexibility index (Phi) is 4.25. The van der Waals surface area contributed by atoms with E-state index < -0.39 is 12.0 Å². The molecule has 2 aromatic carbocycles. The van der Waals surface area contributed by atoms with Crippen LogP contribution in [0, 0.1) is 6.92 Å². The molecule has 0 saturated carbocycles. The first-order valence-electron chi connectivity index (χ1n) is 6.30. The molecule has 0 fully saturated rings. The van der Waals surface area contributed by atoms with Crippen molar-refractivity contribution in [1.82, 2.24) is 0 Å². The molecule has 0 aliphatic heterocycles. The van der Waals surface area contributed by atoms with Crippen molar-refractivity contribution in [3.8, 4) is 5.75 Å². The molecule has 20 heavy (non-hydrogen) atoms. The average Bonchev–Trinajstić information content (AvgIpc) is 2.45. The van der Waals surface area contributed by atoms with Gasteiger partial charge in [0.05, 0.1) is 7.11 Å². The van der Waals surface area contributed by atoms with Gasteiger partial charge >= 0.3 is 5.97 Å². The predicted molar refractivity (Wildman–Crippen MR) is 78.2 cm³/mol. The van der Waals surface area contributed by atoms with E-state index >= 15 is 0 Å². The predicted octanol–water partition coefficient (Wildman–Crippen LogP) is 3.24. The van der Waals surface area contributed by atoms with Gasteiger partial charge < -0.3 is 15.2 Å². The van der Waals surface area contributed by atoms with Crippen molar-refractivity contribution in [2.75, 3.05) is 12.4 Å². The number of hydrogen-bond donors (Lipinski definition) is 2. The number of hydrogen-bond acceptors (Lipinski definition) is 3. The van der Waals surface area contributed by atoms with Crippen LogP contribution in [-0.2, 0) is 4.79 Å². The van der Waals surface area contributed by atoms with Gasteiger partial charge in [-0.1, -0.05) is 30.3 Å². The number of anilines is 1. The second kappa shape index (κ2) is 6.10. The highest BCUT2D eigenvalue weighted by molar-refractivity contribution is 5.79. The van der Waals surface area contributed by atoms with Gasteiger partial charge in [0.1, 0.15) is 5.75 Å². The molecule has 4 heteroatoms. The second-order valence-corrected chi connectivity index (χ2v) is 4.51. The fraction of sp³-hybridized carbons (Fsp3) is 0.188. The van der Waals surface area contributed by atoms with E-state index in [9.17, 15) is 9.90 Å². The van der Waals surface area contributed by atoms with E-state index in [2.05, 4.69) is 5.32 Å². The monoisotopic (exact) mass is 271 g/mol. The summed E-state index contributed by atoms with van der Waals surface area (Å²) in [7, 11) is 1.61. The van der Waals surface area contributed by atoms with Gasteiger partial charge in [-0.15, -0.1) is 0 Å². The number of carboxylic acids is 1. The Bertz CT molecular complexity index is 596. The molecule has 1 atom stereocenters. The van der Waals surface area contributed by atoms with Crippen molar-refractivity contribution in [2.24, 2.45) is 0 Å². The van der Waals surface area contributed by atoms with Crippen LogP contribution in [0.2, 0.25) is 0 Å². The molecule has 1 unspecified atom stereocenters. The lowest BCUT2D eigenvalue weighted by Gasteiger charge is -2.17. The summed E-state index contributed by atoms with van der Waals surface area (Å²) >= 11 is 0. The molecule has 0 aliphatic rings. The van der Waals surface area contributed by atoms with E-state index in [1.54, 1.807) is 19.2 Å². The van der Waals surface area contributed by atoms with Crippen LogP contribution < -0.4 is 10.1 Å². The maximum atomic E-state index is 11.4. The third kappa shape index (κ3) is 3.09. The van der Waals surface area contributed by atoms with Crippen molar-refractivity contribution < 1.29 is 14.6 Å². The Morgan fingerprint density at radius 1 is 1.20 bits per heavy atom. The van der Waals surface area contributed by atoms with Crippen LogP contribution in [0.1, 0.15) is 17.2 Å². The average molecular weight is 271 g/mol. The minimum Gasteiger partial charge on any atom is -0.496 e. The summed E-state index contributed by atoms with van der Waals surface area (Å²) in [6.07, 6.45) is 0. The summed E-state index contributed by atoms with van der Waals surface area (Å²) in [6, 6.07) is 13.8. The van der Waals surface area contributed by atoms with Crippen molar-refractivity contribution >= 4 is 11.7 Å². The molecule has 4 nitrogen and oxygen atoms in total. The molecule has 0 bridgehead atoms. The summed E-state index contributed by atoms with van der Waals surface area (Å²) in [6.45, 7) is 1.92. The highest BCUT2D eigenvalue weighted by Gasteiger charge is 2.19. The van der Waals surface area contributed by atoms with Crippen LogP contribution in [0.4, 0.5) is 5.69 Å². The number of benzene rings is 2. The Morgan fingerprint density at radius 2 is 1.90 bits per heavy atom. The topological polar surface area (TPSA) is 58.6 Å². The lowest BCUT2D eigenvalue weighted by Crippen LogP contribution is -2.20. The molecule has 0 saturated heterocycles. The van der Waals surface area contributed by atoms with E-state index in [0.29, 0.717) is 5.56 Å². The molecule has 2 aromatic rings. The van der Waals surface area contributed by atoms with Gasteiger partial charge in [-0.05, 0) is 36.2 Å². The highest BCUT2D eigenvalue weighted by atomic mass is 16.5. The summed E-state index contributed by atoms with van der Waals surface area (Å²) in [5.74, 6) is -0.133. The molecule has 2 N–H and O–H groups in total. The number of aliphatic carboxylic acids is 1. The summed E-state index contributed by atoms with van der Waals surface area (Å²) < 4.78 is 5.19. The summed E-state index contributed by atoms with van der Waals surface area (Å²) in [5.41, 5.74) is 2.42. The quantitative estimate of drug-likeness (QED) is 0.876. The minimum atomic E-state index is -0.912. The lowest BCUT2D eigenvalue weighted by molar-refractivity contribution is -0.138. The molecule has 0 aromatic heterocycles. The first-order valence-corrected chi connectivity index (χ1v) is 6.30. The normalized spacial score (nSPS) is 11.7. The highest BCUT2D eigenvalue weighted by Crippen LogP contribution is 2.25. The number of rotatable bonds is 5. The van der Waals surface area contributed by atoms with E-state index in [0.717, 1.165) is 17.0 Å². The molecular weight excluding hydrogens is 254 g/mol. The van der Waals surface area contributed by atoms with Crippen molar-refractivity contribution in [1.29, 1.82) is 0 Å². The van der Waals surface area contributed by atoms with Gasteiger partial charge in [0.15, 0.2) is 6.04 Å². The third-order valence-electron chi connectivity index (χ3n) is 3.09. The Morgan fingerprint density at radius 3 is 2.45 bits per heavy atom. The SMILES string of the molecule is COc1ccc(NC(C(=O)O)c2ccccc2)cc1C. The van der Waals surface area contributed by atoms with Gasteiger partial charge in [0, 0.05) is 5.69 Å². The standard InChI is InChI=1S/C16H17NO3/c1-11-10-13(8-9-14(11)20-2)17-15(16(18)19)12-6-4-3-5-7-12/h3-10,15,17H,1-2H3,(H,18,19). The van der Waals surface area contributed by atoms with Crippen molar-refractivity contribution in [2.45, 2.75) is 13.0 Å². The van der Waals surface area contributed by atoms with Crippen LogP contribution in [0.5, 0.6) is 5.75 Å². The first-order chi connectivity index (χ1) is 9.61. The van der Waals surface area contributed by atoms with Crippen LogP contribution in [0.15, 0.2) is 48.5 Å². The second-order valence-electron chi connectivity index (χ2n) is 4.51. The molecule has 0 amide bonds. The Hall–Kier alpha value is -2.49. The van der Waals surface area contributed by atoms with Crippen LogP contribution in [0.3, 0.4) is 0 Å². The molecule has 0 aliphatic carbocycles. The van der Waals surface area contributed by atoms with Crippen molar-refractivity contribution in [3.63, 3.8) is 0 Å². The largest absolute Gasteiger partial charge is 0.496 e. The number of carboxylic acid groups (broad SMARTS) is 1. The number of ether oxygens (including phenoxy) is 1. The summed E-state index contributed by atoms with van der Waals surface area (Å²) in [4.78, 5) is 11.4. The van der Waals surface area contributed by atoms with Gasteiger partial charge in [0.2, 0.25) is 0 Å². The molecule has 0 heterocycles. The van der Waals surface area contributed by atoms with Gasteiger partial charge in [-0.3, -0.25) is 0 Å². The molecular formula is C16H17NO3.